The minimum absolute atomic E-state index is 0.0917. The number of carbonyl (C=O) groups is 3. The lowest BCUT2D eigenvalue weighted by molar-refractivity contribution is -0.122. The molecular formula is C24H33N5O4. The molecule has 0 bridgehead atoms. The van der Waals surface area contributed by atoms with E-state index in [1.807, 2.05) is 20.8 Å². The fraction of sp³-hybridized carbons (Fsp3) is 0.500. The van der Waals surface area contributed by atoms with E-state index in [0.717, 1.165) is 25.7 Å². The predicted molar refractivity (Wildman–Crippen MR) is 125 cm³/mol. The van der Waals surface area contributed by atoms with Gasteiger partial charge in [-0.25, -0.2) is 0 Å². The Balaban J connectivity index is 1.55. The SMILES string of the molecule is CCOc1ccc(C(=O)NC(C(=O)Nc2cnn(CC(=O)NC3CCCC3)c2)C(C)C)cc1. The second-order valence-corrected chi connectivity index (χ2v) is 8.62. The van der Waals surface area contributed by atoms with Crippen LogP contribution in [-0.4, -0.2) is 46.2 Å². The summed E-state index contributed by atoms with van der Waals surface area (Å²) in [5.41, 5.74) is 0.910. The topological polar surface area (TPSA) is 114 Å². The van der Waals surface area contributed by atoms with Crippen LogP contribution >= 0.6 is 0 Å². The highest BCUT2D eigenvalue weighted by Crippen LogP contribution is 2.18. The van der Waals surface area contributed by atoms with Crippen molar-refractivity contribution in [1.82, 2.24) is 20.4 Å². The van der Waals surface area contributed by atoms with Crippen molar-refractivity contribution < 1.29 is 19.1 Å². The van der Waals surface area contributed by atoms with Crippen molar-refractivity contribution in [2.45, 2.75) is 65.1 Å². The first-order valence-electron chi connectivity index (χ1n) is 11.5. The van der Waals surface area contributed by atoms with Gasteiger partial charge in [-0.05, 0) is 49.9 Å². The molecule has 1 unspecified atom stereocenters. The molecule has 3 N–H and O–H groups in total. The van der Waals surface area contributed by atoms with Gasteiger partial charge in [0.25, 0.3) is 5.91 Å². The van der Waals surface area contributed by atoms with Crippen molar-refractivity contribution in [3.05, 3.63) is 42.2 Å². The first-order chi connectivity index (χ1) is 15.9. The van der Waals surface area contributed by atoms with E-state index in [4.69, 9.17) is 4.74 Å². The second kappa shape index (κ2) is 11.5. The summed E-state index contributed by atoms with van der Waals surface area (Å²) in [5.74, 6) is -0.235. The number of hydrogen-bond donors (Lipinski definition) is 3. The number of benzene rings is 1. The van der Waals surface area contributed by atoms with Crippen molar-refractivity contribution in [3.8, 4) is 5.75 Å². The van der Waals surface area contributed by atoms with Gasteiger partial charge in [-0.3, -0.25) is 19.1 Å². The third kappa shape index (κ3) is 7.06. The number of carbonyl (C=O) groups excluding carboxylic acids is 3. The number of amides is 3. The zero-order valence-electron chi connectivity index (χ0n) is 19.5. The Bertz CT molecular complexity index is 948. The van der Waals surface area contributed by atoms with Gasteiger partial charge in [0.15, 0.2) is 0 Å². The van der Waals surface area contributed by atoms with Gasteiger partial charge >= 0.3 is 0 Å². The number of anilines is 1. The lowest BCUT2D eigenvalue weighted by Gasteiger charge is -2.21. The summed E-state index contributed by atoms with van der Waals surface area (Å²) in [4.78, 5) is 37.7. The Hall–Kier alpha value is -3.36. The van der Waals surface area contributed by atoms with E-state index in [2.05, 4.69) is 21.0 Å². The van der Waals surface area contributed by atoms with Gasteiger partial charge in [-0.1, -0.05) is 26.7 Å². The van der Waals surface area contributed by atoms with Gasteiger partial charge in [-0.15, -0.1) is 0 Å². The molecule has 1 aromatic heterocycles. The van der Waals surface area contributed by atoms with Crippen LogP contribution in [0.2, 0.25) is 0 Å². The molecule has 178 valence electrons. The number of nitrogens with one attached hydrogen (secondary N) is 3. The van der Waals surface area contributed by atoms with E-state index in [0.29, 0.717) is 23.6 Å². The molecule has 0 saturated heterocycles. The average Bonchev–Trinajstić information content (AvgIpc) is 3.44. The van der Waals surface area contributed by atoms with Crippen LogP contribution in [0.5, 0.6) is 5.75 Å². The molecule has 0 aliphatic heterocycles. The zero-order chi connectivity index (χ0) is 23.8. The fourth-order valence-corrected chi connectivity index (χ4v) is 3.85. The number of ether oxygens (including phenoxy) is 1. The normalized spacial score (nSPS) is 14.7. The summed E-state index contributed by atoms with van der Waals surface area (Å²) in [5, 5.41) is 12.8. The first kappa shape index (κ1) is 24.3. The van der Waals surface area contributed by atoms with Crippen LogP contribution in [0.25, 0.3) is 0 Å². The van der Waals surface area contributed by atoms with Crippen LogP contribution in [0.4, 0.5) is 5.69 Å². The fourth-order valence-electron chi connectivity index (χ4n) is 3.85. The van der Waals surface area contributed by atoms with Crippen LogP contribution in [-0.2, 0) is 16.1 Å². The van der Waals surface area contributed by atoms with Gasteiger partial charge in [0, 0.05) is 17.8 Å². The number of hydrogen-bond acceptors (Lipinski definition) is 5. The minimum Gasteiger partial charge on any atom is -0.494 e. The molecule has 9 nitrogen and oxygen atoms in total. The highest BCUT2D eigenvalue weighted by atomic mass is 16.5. The van der Waals surface area contributed by atoms with Crippen molar-refractivity contribution in [3.63, 3.8) is 0 Å². The van der Waals surface area contributed by atoms with Crippen LogP contribution in [0.3, 0.4) is 0 Å². The van der Waals surface area contributed by atoms with E-state index in [1.165, 1.54) is 10.9 Å². The summed E-state index contributed by atoms with van der Waals surface area (Å²) in [6.45, 7) is 6.25. The summed E-state index contributed by atoms with van der Waals surface area (Å²) in [6, 6.07) is 6.28. The molecule has 1 aliphatic carbocycles. The Morgan fingerprint density at radius 2 is 1.85 bits per heavy atom. The molecule has 0 radical (unpaired) electrons. The van der Waals surface area contributed by atoms with Crippen molar-refractivity contribution in [1.29, 1.82) is 0 Å². The lowest BCUT2D eigenvalue weighted by Crippen LogP contribution is -2.47. The molecule has 3 amide bonds. The summed E-state index contributed by atoms with van der Waals surface area (Å²) in [7, 11) is 0. The molecule has 1 aliphatic rings. The van der Waals surface area contributed by atoms with E-state index in [1.54, 1.807) is 30.5 Å². The quantitative estimate of drug-likeness (QED) is 0.510. The standard InChI is InChI=1S/C24H33N5O4/c1-4-33-20-11-9-17(10-12-20)23(31)28-22(16(2)3)24(32)27-19-13-25-29(14-19)15-21(30)26-18-7-5-6-8-18/h9-14,16,18,22H,4-8,15H2,1-3H3,(H,26,30)(H,27,32)(H,28,31). The number of aromatic nitrogens is 2. The van der Waals surface area contributed by atoms with Crippen LogP contribution in [0, 0.1) is 5.92 Å². The van der Waals surface area contributed by atoms with Crippen molar-refractivity contribution in [2.24, 2.45) is 5.92 Å². The molecular weight excluding hydrogens is 422 g/mol. The summed E-state index contributed by atoms with van der Waals surface area (Å²) < 4.78 is 6.88. The van der Waals surface area contributed by atoms with Crippen molar-refractivity contribution in [2.75, 3.05) is 11.9 Å². The van der Waals surface area contributed by atoms with Crippen LogP contribution < -0.4 is 20.7 Å². The van der Waals surface area contributed by atoms with Gasteiger partial charge in [0.05, 0.1) is 18.5 Å². The molecule has 1 fully saturated rings. The van der Waals surface area contributed by atoms with Gasteiger partial charge in [0.1, 0.15) is 18.3 Å². The minimum atomic E-state index is -0.738. The van der Waals surface area contributed by atoms with E-state index in [9.17, 15) is 14.4 Å². The number of rotatable bonds is 10. The molecule has 3 rings (SSSR count). The maximum Gasteiger partial charge on any atom is 0.251 e. The smallest absolute Gasteiger partial charge is 0.251 e. The molecule has 1 aromatic carbocycles. The Morgan fingerprint density at radius 3 is 2.48 bits per heavy atom. The molecule has 9 heteroatoms. The molecule has 2 aromatic rings. The highest BCUT2D eigenvalue weighted by Gasteiger charge is 2.25. The molecule has 0 spiro atoms. The molecule has 33 heavy (non-hydrogen) atoms. The Labute approximate surface area is 194 Å². The molecule has 1 atom stereocenters. The van der Waals surface area contributed by atoms with Crippen LogP contribution in [0.15, 0.2) is 36.7 Å². The lowest BCUT2D eigenvalue weighted by atomic mass is 10.0. The van der Waals surface area contributed by atoms with Gasteiger partial charge in [0.2, 0.25) is 11.8 Å². The molecule has 1 heterocycles. The Morgan fingerprint density at radius 1 is 1.15 bits per heavy atom. The largest absolute Gasteiger partial charge is 0.494 e. The third-order valence-corrected chi connectivity index (χ3v) is 5.59. The van der Waals surface area contributed by atoms with E-state index < -0.39 is 6.04 Å². The third-order valence-electron chi connectivity index (χ3n) is 5.59. The highest BCUT2D eigenvalue weighted by molar-refractivity contribution is 6.01. The predicted octanol–water partition coefficient (Wildman–Crippen LogP) is 2.73. The average molecular weight is 456 g/mol. The maximum atomic E-state index is 12.9. The summed E-state index contributed by atoms with van der Waals surface area (Å²) >= 11 is 0. The Kier molecular flexibility index (Phi) is 8.46. The maximum absolute atomic E-state index is 12.9. The van der Waals surface area contributed by atoms with E-state index in [-0.39, 0.29) is 36.2 Å². The van der Waals surface area contributed by atoms with Crippen LogP contribution in [0.1, 0.15) is 56.8 Å². The first-order valence-corrected chi connectivity index (χ1v) is 11.5. The van der Waals surface area contributed by atoms with E-state index >= 15 is 0 Å². The van der Waals surface area contributed by atoms with Crippen molar-refractivity contribution >= 4 is 23.4 Å². The zero-order valence-corrected chi connectivity index (χ0v) is 19.5. The molecule has 1 saturated carbocycles. The van der Waals surface area contributed by atoms with Gasteiger partial charge in [-0.2, -0.15) is 5.10 Å². The van der Waals surface area contributed by atoms with Gasteiger partial charge < -0.3 is 20.7 Å². The second-order valence-electron chi connectivity index (χ2n) is 8.62. The summed E-state index contributed by atoms with van der Waals surface area (Å²) in [6.07, 6.45) is 7.44. The monoisotopic (exact) mass is 455 g/mol. The number of nitrogens with zero attached hydrogens (tertiary/aromatic N) is 2.